The van der Waals surface area contributed by atoms with Gasteiger partial charge in [-0.05, 0) is 44.2 Å². The molecule has 0 radical (unpaired) electrons. The number of rotatable bonds is 5. The maximum Gasteiger partial charge on any atom is 0.242 e. The standard InChI is InChI=1S/C17H27N3O/c1-13-7-6-11-20(14(13)2)12-10-17(19,16(18)21)15-8-4-3-5-9-15/h3-5,8-9,13-14H,6-7,10-12,19H2,1-2H3,(H2,18,21). The minimum absolute atomic E-state index is 0.452. The molecule has 3 atom stereocenters. The van der Waals surface area contributed by atoms with Crippen LogP contribution in [0.5, 0.6) is 0 Å². The van der Waals surface area contributed by atoms with Crippen molar-refractivity contribution in [3.63, 3.8) is 0 Å². The van der Waals surface area contributed by atoms with E-state index in [0.29, 0.717) is 18.4 Å². The molecule has 0 bridgehead atoms. The quantitative estimate of drug-likeness (QED) is 0.868. The van der Waals surface area contributed by atoms with Crippen molar-refractivity contribution in [3.05, 3.63) is 35.9 Å². The third kappa shape index (κ3) is 3.44. The van der Waals surface area contributed by atoms with E-state index in [0.717, 1.165) is 18.7 Å². The van der Waals surface area contributed by atoms with Gasteiger partial charge in [-0.15, -0.1) is 0 Å². The lowest BCUT2D eigenvalue weighted by Gasteiger charge is -2.39. The van der Waals surface area contributed by atoms with Crippen LogP contribution in [0.25, 0.3) is 0 Å². The second kappa shape index (κ2) is 6.58. The Bertz CT molecular complexity index is 476. The first-order valence-corrected chi connectivity index (χ1v) is 7.83. The fourth-order valence-corrected chi connectivity index (χ4v) is 3.20. The number of benzene rings is 1. The van der Waals surface area contributed by atoms with E-state index in [4.69, 9.17) is 11.5 Å². The van der Waals surface area contributed by atoms with Gasteiger partial charge in [0.2, 0.25) is 5.91 Å². The van der Waals surface area contributed by atoms with Gasteiger partial charge in [0.25, 0.3) is 0 Å². The molecule has 1 amide bonds. The lowest BCUT2D eigenvalue weighted by atomic mass is 9.85. The Labute approximate surface area is 127 Å². The first kappa shape index (κ1) is 16.0. The maximum atomic E-state index is 11.9. The molecular weight excluding hydrogens is 262 g/mol. The molecule has 1 saturated heterocycles. The zero-order chi connectivity index (χ0) is 15.5. The van der Waals surface area contributed by atoms with Crippen molar-refractivity contribution >= 4 is 5.91 Å². The van der Waals surface area contributed by atoms with Gasteiger partial charge in [0.05, 0.1) is 0 Å². The van der Waals surface area contributed by atoms with Crippen LogP contribution in [0.15, 0.2) is 30.3 Å². The molecule has 2 rings (SSSR count). The van der Waals surface area contributed by atoms with Crippen LogP contribution in [0, 0.1) is 5.92 Å². The Morgan fingerprint density at radius 2 is 2.00 bits per heavy atom. The number of carbonyl (C=O) groups is 1. The van der Waals surface area contributed by atoms with Crippen LogP contribution < -0.4 is 11.5 Å². The lowest BCUT2D eigenvalue weighted by molar-refractivity contribution is -0.124. The highest BCUT2D eigenvalue weighted by atomic mass is 16.1. The van der Waals surface area contributed by atoms with Crippen molar-refractivity contribution in [1.29, 1.82) is 0 Å². The summed E-state index contributed by atoms with van der Waals surface area (Å²) in [5.74, 6) is 0.239. The first-order valence-electron chi connectivity index (χ1n) is 7.83. The Morgan fingerprint density at radius 1 is 1.33 bits per heavy atom. The van der Waals surface area contributed by atoms with E-state index in [1.807, 2.05) is 30.3 Å². The number of hydrogen-bond acceptors (Lipinski definition) is 3. The molecule has 1 aromatic carbocycles. The summed E-state index contributed by atoms with van der Waals surface area (Å²) in [6, 6.07) is 10.0. The van der Waals surface area contributed by atoms with Crippen LogP contribution >= 0.6 is 0 Å². The second-order valence-electron chi connectivity index (χ2n) is 6.35. The van der Waals surface area contributed by atoms with Gasteiger partial charge in [-0.25, -0.2) is 0 Å². The van der Waals surface area contributed by atoms with Crippen LogP contribution in [0.4, 0.5) is 0 Å². The number of primary amides is 1. The third-order valence-corrected chi connectivity index (χ3v) is 5.03. The highest BCUT2D eigenvalue weighted by molar-refractivity contribution is 5.85. The van der Waals surface area contributed by atoms with E-state index in [9.17, 15) is 4.79 Å². The Morgan fingerprint density at radius 3 is 2.62 bits per heavy atom. The van der Waals surface area contributed by atoms with Crippen LogP contribution in [0.1, 0.15) is 38.7 Å². The van der Waals surface area contributed by atoms with Crippen molar-refractivity contribution in [2.24, 2.45) is 17.4 Å². The van der Waals surface area contributed by atoms with E-state index in [1.54, 1.807) is 0 Å². The summed E-state index contributed by atoms with van der Waals surface area (Å²) in [5.41, 5.74) is 11.7. The molecule has 0 saturated carbocycles. The zero-order valence-electron chi connectivity index (χ0n) is 13.1. The van der Waals surface area contributed by atoms with E-state index < -0.39 is 11.4 Å². The Hall–Kier alpha value is -1.39. The van der Waals surface area contributed by atoms with E-state index >= 15 is 0 Å². The van der Waals surface area contributed by atoms with E-state index in [-0.39, 0.29) is 0 Å². The van der Waals surface area contributed by atoms with Crippen molar-refractivity contribution < 1.29 is 4.79 Å². The van der Waals surface area contributed by atoms with Crippen LogP contribution in [0.2, 0.25) is 0 Å². The Balaban J connectivity index is 2.09. The fourth-order valence-electron chi connectivity index (χ4n) is 3.20. The summed E-state index contributed by atoms with van der Waals surface area (Å²) in [6.07, 6.45) is 3.05. The molecule has 0 spiro atoms. The number of carbonyl (C=O) groups excluding carboxylic acids is 1. The summed E-state index contributed by atoms with van der Waals surface area (Å²) in [7, 11) is 0. The minimum Gasteiger partial charge on any atom is -0.368 e. The van der Waals surface area contributed by atoms with Gasteiger partial charge in [0.1, 0.15) is 5.54 Å². The van der Waals surface area contributed by atoms with Crippen LogP contribution in [-0.4, -0.2) is 29.9 Å². The number of nitrogens with two attached hydrogens (primary N) is 2. The number of hydrogen-bond donors (Lipinski definition) is 2. The summed E-state index contributed by atoms with van der Waals surface area (Å²) < 4.78 is 0. The number of nitrogens with zero attached hydrogens (tertiary/aromatic N) is 1. The summed E-state index contributed by atoms with van der Waals surface area (Å²) in [6.45, 7) is 6.43. The summed E-state index contributed by atoms with van der Waals surface area (Å²) in [4.78, 5) is 14.4. The monoisotopic (exact) mass is 289 g/mol. The van der Waals surface area contributed by atoms with Gasteiger partial charge < -0.3 is 16.4 Å². The largest absolute Gasteiger partial charge is 0.368 e. The van der Waals surface area contributed by atoms with Gasteiger partial charge >= 0.3 is 0 Å². The molecule has 4 heteroatoms. The molecule has 1 aliphatic rings. The number of piperidine rings is 1. The molecule has 4 nitrogen and oxygen atoms in total. The topological polar surface area (TPSA) is 72.3 Å². The SMILES string of the molecule is CC1CCCN(CCC(N)(C(N)=O)c2ccccc2)C1C. The average molecular weight is 289 g/mol. The number of amides is 1. The molecular formula is C17H27N3O. The Kier molecular flexibility index (Phi) is 5.01. The molecule has 1 fully saturated rings. The van der Waals surface area contributed by atoms with Gasteiger partial charge in [-0.1, -0.05) is 37.3 Å². The highest BCUT2D eigenvalue weighted by Crippen LogP contribution is 2.26. The molecule has 0 aromatic heterocycles. The molecule has 3 unspecified atom stereocenters. The predicted molar refractivity (Wildman–Crippen MR) is 85.6 cm³/mol. The molecule has 1 heterocycles. The second-order valence-corrected chi connectivity index (χ2v) is 6.35. The van der Waals surface area contributed by atoms with Crippen molar-refractivity contribution in [2.45, 2.75) is 44.7 Å². The molecule has 4 N–H and O–H groups in total. The smallest absolute Gasteiger partial charge is 0.242 e. The molecule has 1 aromatic rings. The lowest BCUT2D eigenvalue weighted by Crippen LogP contribution is -2.52. The van der Waals surface area contributed by atoms with Gasteiger partial charge in [-0.3, -0.25) is 4.79 Å². The van der Waals surface area contributed by atoms with Crippen molar-refractivity contribution in [2.75, 3.05) is 13.1 Å². The third-order valence-electron chi connectivity index (χ3n) is 5.03. The zero-order valence-corrected chi connectivity index (χ0v) is 13.1. The van der Waals surface area contributed by atoms with Gasteiger partial charge in [0.15, 0.2) is 0 Å². The maximum absolute atomic E-state index is 11.9. The molecule has 0 aliphatic carbocycles. The van der Waals surface area contributed by atoms with Crippen molar-refractivity contribution in [1.82, 2.24) is 4.90 Å². The summed E-state index contributed by atoms with van der Waals surface area (Å²) >= 11 is 0. The summed E-state index contributed by atoms with van der Waals surface area (Å²) in [5, 5.41) is 0. The number of likely N-dealkylation sites (tertiary alicyclic amines) is 1. The van der Waals surface area contributed by atoms with E-state index in [2.05, 4.69) is 18.7 Å². The predicted octanol–water partition coefficient (Wildman–Crippen LogP) is 1.84. The average Bonchev–Trinajstić information content (AvgIpc) is 2.49. The normalized spacial score (nSPS) is 26.2. The first-order chi connectivity index (χ1) is 9.95. The van der Waals surface area contributed by atoms with Crippen LogP contribution in [-0.2, 0) is 10.3 Å². The van der Waals surface area contributed by atoms with Crippen molar-refractivity contribution in [3.8, 4) is 0 Å². The molecule has 1 aliphatic heterocycles. The van der Waals surface area contributed by atoms with Crippen LogP contribution in [0.3, 0.4) is 0 Å². The molecule has 116 valence electrons. The minimum atomic E-state index is -1.08. The van der Waals surface area contributed by atoms with E-state index in [1.165, 1.54) is 12.8 Å². The molecule has 21 heavy (non-hydrogen) atoms. The van der Waals surface area contributed by atoms with Gasteiger partial charge in [0, 0.05) is 12.6 Å². The highest BCUT2D eigenvalue weighted by Gasteiger charge is 2.35. The fraction of sp³-hybridized carbons (Fsp3) is 0.588. The van der Waals surface area contributed by atoms with Gasteiger partial charge in [-0.2, -0.15) is 0 Å².